The second-order valence-electron chi connectivity index (χ2n) is 3.16. The van der Waals surface area contributed by atoms with Gasteiger partial charge in [-0.25, -0.2) is 0 Å². The summed E-state index contributed by atoms with van der Waals surface area (Å²) in [7, 11) is 0. The average Bonchev–Trinajstić information content (AvgIpc) is 2.04. The van der Waals surface area contributed by atoms with E-state index in [0.717, 1.165) is 12.8 Å². The van der Waals surface area contributed by atoms with Crippen molar-refractivity contribution in [3.8, 4) is 0 Å². The highest BCUT2D eigenvalue weighted by Crippen LogP contribution is 2.36. The molecule has 58 valence electrons. The second kappa shape index (κ2) is 2.67. The monoisotopic (exact) mass is 148 g/mol. The van der Waals surface area contributed by atoms with Crippen LogP contribution in [-0.2, 0) is 0 Å². The molecule has 11 heavy (non-hydrogen) atoms. The molecule has 1 aliphatic carbocycles. The molecule has 1 fully saturated rings. The molecule has 0 bridgehead atoms. The van der Waals surface area contributed by atoms with Crippen molar-refractivity contribution in [2.24, 2.45) is 0 Å². The van der Waals surface area contributed by atoms with Crippen LogP contribution in [0.15, 0.2) is 30.3 Å². The predicted octanol–water partition coefficient (Wildman–Crippen LogP) is 1.92. The first-order valence-corrected chi connectivity index (χ1v) is 4.11. The molecule has 0 saturated heterocycles. The van der Waals surface area contributed by atoms with Gasteiger partial charge in [0.25, 0.3) is 0 Å². The molecular weight excluding hydrogens is 136 g/mol. The van der Waals surface area contributed by atoms with Gasteiger partial charge in [0, 0.05) is 5.92 Å². The fourth-order valence-corrected chi connectivity index (χ4v) is 1.57. The van der Waals surface area contributed by atoms with Crippen molar-refractivity contribution in [1.29, 1.82) is 0 Å². The minimum Gasteiger partial charge on any atom is -0.392 e. The second-order valence-corrected chi connectivity index (χ2v) is 3.16. The molecule has 0 aromatic heterocycles. The molecule has 1 heteroatoms. The van der Waals surface area contributed by atoms with Gasteiger partial charge in [-0.15, -0.1) is 0 Å². The highest BCUT2D eigenvalue weighted by atomic mass is 16.3. The summed E-state index contributed by atoms with van der Waals surface area (Å²) < 4.78 is 0. The van der Waals surface area contributed by atoms with Crippen molar-refractivity contribution >= 4 is 0 Å². The molecule has 2 atom stereocenters. The van der Waals surface area contributed by atoms with Gasteiger partial charge in [-0.05, 0) is 18.4 Å². The van der Waals surface area contributed by atoms with E-state index in [1.54, 1.807) is 0 Å². The maximum atomic E-state index is 9.36. The van der Waals surface area contributed by atoms with Gasteiger partial charge >= 0.3 is 0 Å². The molecule has 1 aromatic rings. The SMILES string of the molecule is O[C@@H]1CC[C@@H]1c1ccccc1. The molecule has 1 N–H and O–H groups in total. The first-order chi connectivity index (χ1) is 5.38. The van der Waals surface area contributed by atoms with Crippen molar-refractivity contribution in [2.75, 3.05) is 0 Å². The Morgan fingerprint density at radius 2 is 1.82 bits per heavy atom. The van der Waals surface area contributed by atoms with Crippen LogP contribution < -0.4 is 0 Å². The normalized spacial score (nSPS) is 29.5. The zero-order chi connectivity index (χ0) is 7.68. The van der Waals surface area contributed by atoms with Crippen LogP contribution >= 0.6 is 0 Å². The molecule has 2 rings (SSSR count). The molecule has 0 heterocycles. The molecular formula is C10H12O. The average molecular weight is 148 g/mol. The Hall–Kier alpha value is -0.820. The largest absolute Gasteiger partial charge is 0.392 e. The van der Waals surface area contributed by atoms with Crippen molar-refractivity contribution in [1.82, 2.24) is 0 Å². The first kappa shape index (κ1) is 6.86. The van der Waals surface area contributed by atoms with E-state index in [1.165, 1.54) is 5.56 Å². The third-order valence-corrected chi connectivity index (χ3v) is 2.47. The lowest BCUT2D eigenvalue weighted by molar-refractivity contribution is 0.0661. The van der Waals surface area contributed by atoms with E-state index in [9.17, 15) is 5.11 Å². The summed E-state index contributed by atoms with van der Waals surface area (Å²) in [5.41, 5.74) is 1.28. The lowest BCUT2D eigenvalue weighted by Crippen LogP contribution is -2.28. The number of aliphatic hydroxyl groups excluding tert-OH is 1. The lowest BCUT2D eigenvalue weighted by atomic mass is 9.77. The van der Waals surface area contributed by atoms with Crippen LogP contribution in [0.5, 0.6) is 0 Å². The van der Waals surface area contributed by atoms with Gasteiger partial charge in [0.1, 0.15) is 0 Å². The minimum atomic E-state index is -0.0857. The number of hydrogen-bond acceptors (Lipinski definition) is 1. The molecule has 1 aliphatic rings. The maximum absolute atomic E-state index is 9.36. The third-order valence-electron chi connectivity index (χ3n) is 2.47. The fraction of sp³-hybridized carbons (Fsp3) is 0.400. The summed E-state index contributed by atoms with van der Waals surface area (Å²) in [5.74, 6) is 0.413. The van der Waals surface area contributed by atoms with E-state index in [2.05, 4.69) is 12.1 Å². The minimum absolute atomic E-state index is 0.0857. The molecule has 1 nitrogen and oxygen atoms in total. The number of aliphatic hydroxyl groups is 1. The Labute approximate surface area is 66.7 Å². The summed E-state index contributed by atoms with van der Waals surface area (Å²) in [5, 5.41) is 9.36. The number of benzene rings is 1. The Kier molecular flexibility index (Phi) is 1.66. The summed E-state index contributed by atoms with van der Waals surface area (Å²) in [4.78, 5) is 0. The summed E-state index contributed by atoms with van der Waals surface area (Å²) in [6, 6.07) is 10.2. The number of hydrogen-bond donors (Lipinski definition) is 1. The van der Waals surface area contributed by atoms with Crippen LogP contribution in [-0.4, -0.2) is 11.2 Å². The zero-order valence-corrected chi connectivity index (χ0v) is 6.40. The van der Waals surface area contributed by atoms with Crippen molar-refractivity contribution < 1.29 is 5.11 Å². The van der Waals surface area contributed by atoms with Gasteiger partial charge in [-0.3, -0.25) is 0 Å². The highest BCUT2D eigenvalue weighted by Gasteiger charge is 2.29. The molecule has 0 unspecified atom stereocenters. The van der Waals surface area contributed by atoms with E-state index < -0.39 is 0 Å². The van der Waals surface area contributed by atoms with E-state index in [0.29, 0.717) is 5.92 Å². The molecule has 1 saturated carbocycles. The highest BCUT2D eigenvalue weighted by molar-refractivity contribution is 5.22. The molecule has 1 aromatic carbocycles. The third kappa shape index (κ3) is 1.16. The Bertz CT molecular complexity index is 230. The molecule has 0 radical (unpaired) electrons. The van der Waals surface area contributed by atoms with Crippen LogP contribution in [0.2, 0.25) is 0 Å². The Morgan fingerprint density at radius 3 is 2.27 bits per heavy atom. The van der Waals surface area contributed by atoms with Crippen LogP contribution in [0.4, 0.5) is 0 Å². The van der Waals surface area contributed by atoms with Crippen molar-refractivity contribution in [2.45, 2.75) is 24.9 Å². The Balaban J connectivity index is 2.17. The van der Waals surface area contributed by atoms with Gasteiger partial charge in [-0.1, -0.05) is 30.3 Å². The van der Waals surface area contributed by atoms with Crippen molar-refractivity contribution in [3.05, 3.63) is 35.9 Å². The van der Waals surface area contributed by atoms with Crippen LogP contribution in [0, 0.1) is 0 Å². The predicted molar refractivity (Wildman–Crippen MR) is 44.4 cm³/mol. The van der Waals surface area contributed by atoms with Gasteiger partial charge in [-0.2, -0.15) is 0 Å². The maximum Gasteiger partial charge on any atom is 0.0609 e. The van der Waals surface area contributed by atoms with Crippen LogP contribution in [0.25, 0.3) is 0 Å². The first-order valence-electron chi connectivity index (χ1n) is 4.11. The standard InChI is InChI=1S/C10H12O/c11-10-7-6-9(10)8-4-2-1-3-5-8/h1-5,9-11H,6-7H2/t9-,10-/m1/s1. The smallest absolute Gasteiger partial charge is 0.0609 e. The Morgan fingerprint density at radius 1 is 1.09 bits per heavy atom. The topological polar surface area (TPSA) is 20.2 Å². The van der Waals surface area contributed by atoms with E-state index >= 15 is 0 Å². The lowest BCUT2D eigenvalue weighted by Gasteiger charge is -2.32. The van der Waals surface area contributed by atoms with Crippen LogP contribution in [0.3, 0.4) is 0 Å². The van der Waals surface area contributed by atoms with Crippen LogP contribution in [0.1, 0.15) is 24.3 Å². The van der Waals surface area contributed by atoms with Gasteiger partial charge in [0.05, 0.1) is 6.10 Å². The van der Waals surface area contributed by atoms with E-state index in [1.807, 2.05) is 18.2 Å². The van der Waals surface area contributed by atoms with Crippen molar-refractivity contribution in [3.63, 3.8) is 0 Å². The van der Waals surface area contributed by atoms with Gasteiger partial charge < -0.3 is 5.11 Å². The van der Waals surface area contributed by atoms with Gasteiger partial charge in [0.2, 0.25) is 0 Å². The fourth-order valence-electron chi connectivity index (χ4n) is 1.57. The molecule has 0 amide bonds. The molecule has 0 aliphatic heterocycles. The summed E-state index contributed by atoms with van der Waals surface area (Å²) >= 11 is 0. The molecule has 0 spiro atoms. The van der Waals surface area contributed by atoms with E-state index in [4.69, 9.17) is 0 Å². The summed E-state index contributed by atoms with van der Waals surface area (Å²) in [6.07, 6.45) is 2.03. The quantitative estimate of drug-likeness (QED) is 0.645. The van der Waals surface area contributed by atoms with Gasteiger partial charge in [0.15, 0.2) is 0 Å². The van der Waals surface area contributed by atoms with E-state index in [-0.39, 0.29) is 6.10 Å². The summed E-state index contributed by atoms with van der Waals surface area (Å²) in [6.45, 7) is 0. The zero-order valence-electron chi connectivity index (χ0n) is 6.40. The number of rotatable bonds is 1.